The number of halogens is 2. The van der Waals surface area contributed by atoms with E-state index in [-0.39, 0.29) is 5.29 Å². The van der Waals surface area contributed by atoms with Gasteiger partial charge in [0.2, 0.25) is 10.9 Å². The lowest BCUT2D eigenvalue weighted by atomic mass is 9.88. The predicted molar refractivity (Wildman–Crippen MR) is 63.0 cm³/mol. The molecule has 1 fully saturated rings. The van der Waals surface area contributed by atoms with Crippen molar-refractivity contribution in [2.24, 2.45) is 21.7 Å². The normalized spacial score (nSPS) is 28.7. The lowest BCUT2D eigenvalue weighted by molar-refractivity contribution is 0.347. The summed E-state index contributed by atoms with van der Waals surface area (Å²) in [6.07, 6.45) is 5.96. The highest BCUT2D eigenvalue weighted by molar-refractivity contribution is 6.66. The van der Waals surface area contributed by atoms with E-state index in [0.717, 1.165) is 18.7 Å². The van der Waals surface area contributed by atoms with Gasteiger partial charge in [-0.3, -0.25) is 5.01 Å². The quantitative estimate of drug-likeness (QED) is 0.440. The van der Waals surface area contributed by atoms with Crippen molar-refractivity contribution in [2.45, 2.75) is 37.7 Å². The third-order valence-corrected chi connectivity index (χ3v) is 3.37. The second-order valence-electron chi connectivity index (χ2n) is 3.92. The summed E-state index contributed by atoms with van der Waals surface area (Å²) in [5.41, 5.74) is -0.619. The van der Waals surface area contributed by atoms with Crippen molar-refractivity contribution < 1.29 is 0 Å². The Balaban J connectivity index is 2.15. The fraction of sp³-hybridized carbons (Fsp3) is 0.778. The summed E-state index contributed by atoms with van der Waals surface area (Å²) in [4.78, 5) is 8.06. The number of hydrazine groups is 1. The van der Waals surface area contributed by atoms with Crippen molar-refractivity contribution in [2.75, 3.05) is 0 Å². The van der Waals surface area contributed by atoms with Crippen LogP contribution in [-0.4, -0.2) is 21.8 Å². The van der Waals surface area contributed by atoms with Gasteiger partial charge in [-0.15, -0.1) is 0 Å². The van der Waals surface area contributed by atoms with Gasteiger partial charge < -0.3 is 0 Å². The Morgan fingerprint density at radius 1 is 1.27 bits per heavy atom. The molecule has 2 rings (SSSR count). The number of hydrogen-bond acceptors (Lipinski definition) is 4. The van der Waals surface area contributed by atoms with E-state index in [1.165, 1.54) is 24.3 Å². The Morgan fingerprint density at radius 2 is 1.93 bits per heavy atom. The van der Waals surface area contributed by atoms with Crippen LogP contribution in [0, 0.1) is 5.92 Å². The molecule has 0 aromatic heterocycles. The molecule has 1 atom stereocenters. The molecule has 4 nitrogen and oxygen atoms in total. The molecule has 0 aromatic carbocycles. The molecule has 1 aliphatic heterocycles. The highest BCUT2D eigenvalue weighted by atomic mass is 35.5. The summed E-state index contributed by atoms with van der Waals surface area (Å²) < 4.78 is 0. The second kappa shape index (κ2) is 4.68. The maximum atomic E-state index is 5.92. The van der Waals surface area contributed by atoms with Crippen LogP contribution in [0.3, 0.4) is 0 Å². The van der Waals surface area contributed by atoms with Crippen molar-refractivity contribution in [1.29, 1.82) is 0 Å². The number of nitrogens with zero attached hydrogens (tertiary/aromatic N) is 3. The van der Waals surface area contributed by atoms with Crippen LogP contribution < -0.4 is 5.84 Å². The van der Waals surface area contributed by atoms with Gasteiger partial charge in [0.1, 0.15) is 5.84 Å². The van der Waals surface area contributed by atoms with Crippen molar-refractivity contribution in [3.8, 4) is 0 Å². The maximum Gasteiger partial charge on any atom is 0.222 e. The number of alkyl halides is 1. The largest absolute Gasteiger partial charge is 0.259 e. The van der Waals surface area contributed by atoms with Crippen molar-refractivity contribution in [1.82, 2.24) is 5.01 Å². The average molecular weight is 249 g/mol. The standard InChI is InChI=1S/C9H14Cl2N4/c10-8-13-7(15(12)9(11)14-8)6-4-2-1-3-5-6/h6,9H,1-5,12H2. The first-order chi connectivity index (χ1) is 7.18. The SMILES string of the molecule is NN1C(C2CCCCC2)=NC(Cl)=NC1Cl. The summed E-state index contributed by atoms with van der Waals surface area (Å²) in [5, 5.41) is 1.63. The smallest absolute Gasteiger partial charge is 0.222 e. The zero-order valence-electron chi connectivity index (χ0n) is 8.37. The van der Waals surface area contributed by atoms with Gasteiger partial charge in [0.25, 0.3) is 0 Å². The van der Waals surface area contributed by atoms with Gasteiger partial charge in [-0.05, 0) is 24.4 Å². The van der Waals surface area contributed by atoms with Crippen LogP contribution in [0.2, 0.25) is 0 Å². The summed E-state index contributed by atoms with van der Waals surface area (Å²) in [6, 6.07) is 0. The number of rotatable bonds is 1. The molecule has 0 radical (unpaired) electrons. The van der Waals surface area contributed by atoms with E-state index in [1.807, 2.05) is 0 Å². The Bertz CT molecular complexity index is 296. The van der Waals surface area contributed by atoms with Crippen molar-refractivity contribution in [3.63, 3.8) is 0 Å². The summed E-state index contributed by atoms with van der Waals surface area (Å²) in [7, 11) is 0. The Morgan fingerprint density at radius 3 is 2.60 bits per heavy atom. The summed E-state index contributed by atoms with van der Waals surface area (Å²) >= 11 is 11.7. The Kier molecular flexibility index (Phi) is 3.49. The molecule has 0 spiro atoms. The van der Waals surface area contributed by atoms with E-state index in [1.54, 1.807) is 0 Å². The van der Waals surface area contributed by atoms with Crippen molar-refractivity contribution >= 4 is 34.3 Å². The highest BCUT2D eigenvalue weighted by Crippen LogP contribution is 2.28. The van der Waals surface area contributed by atoms with Crippen LogP contribution in [0.25, 0.3) is 0 Å². The molecule has 2 aliphatic rings. The molecule has 2 N–H and O–H groups in total. The Hall–Kier alpha value is -0.320. The van der Waals surface area contributed by atoms with Gasteiger partial charge >= 0.3 is 0 Å². The van der Waals surface area contributed by atoms with E-state index in [2.05, 4.69) is 9.98 Å². The molecule has 0 bridgehead atoms. The predicted octanol–water partition coefficient (Wildman–Crippen LogP) is 2.27. The van der Waals surface area contributed by atoms with E-state index < -0.39 is 5.62 Å². The van der Waals surface area contributed by atoms with Gasteiger partial charge in [-0.1, -0.05) is 30.9 Å². The summed E-state index contributed by atoms with van der Waals surface area (Å²) in [5.74, 6) is 6.99. The molecule has 1 saturated carbocycles. The second-order valence-corrected chi connectivity index (χ2v) is 4.65. The zero-order chi connectivity index (χ0) is 10.8. The molecule has 1 heterocycles. The van der Waals surface area contributed by atoms with Crippen LogP contribution in [-0.2, 0) is 0 Å². The van der Waals surface area contributed by atoms with Crippen molar-refractivity contribution in [3.05, 3.63) is 0 Å². The van der Waals surface area contributed by atoms with Crippen LogP contribution >= 0.6 is 23.2 Å². The molecule has 0 saturated heterocycles. The number of nitrogens with two attached hydrogens (primary N) is 1. The van der Waals surface area contributed by atoms with Crippen LogP contribution in [0.1, 0.15) is 32.1 Å². The van der Waals surface area contributed by atoms with Gasteiger partial charge in [-0.2, -0.15) is 0 Å². The first-order valence-electron chi connectivity index (χ1n) is 5.18. The van der Waals surface area contributed by atoms with Gasteiger partial charge in [0.05, 0.1) is 0 Å². The maximum absolute atomic E-state index is 5.92. The average Bonchev–Trinajstić information content (AvgIpc) is 2.24. The third kappa shape index (κ3) is 2.44. The van der Waals surface area contributed by atoms with Crippen LogP contribution in [0.5, 0.6) is 0 Å². The molecule has 1 unspecified atom stereocenters. The summed E-state index contributed by atoms with van der Waals surface area (Å²) in [6.45, 7) is 0. The van der Waals surface area contributed by atoms with E-state index in [9.17, 15) is 0 Å². The molecule has 15 heavy (non-hydrogen) atoms. The first-order valence-corrected chi connectivity index (χ1v) is 6.00. The van der Waals surface area contributed by atoms with Crippen LogP contribution in [0.15, 0.2) is 9.98 Å². The molecule has 0 amide bonds. The van der Waals surface area contributed by atoms with Crippen LogP contribution in [0.4, 0.5) is 0 Å². The van der Waals surface area contributed by atoms with Gasteiger partial charge in [0.15, 0.2) is 0 Å². The molecular weight excluding hydrogens is 235 g/mol. The lowest BCUT2D eigenvalue weighted by Gasteiger charge is -2.32. The minimum absolute atomic E-state index is 0.206. The molecular formula is C9H14Cl2N4. The molecule has 84 valence electrons. The van der Waals surface area contributed by atoms with E-state index in [4.69, 9.17) is 29.0 Å². The lowest BCUT2D eigenvalue weighted by Crippen LogP contribution is -2.48. The van der Waals surface area contributed by atoms with Gasteiger partial charge in [0, 0.05) is 5.92 Å². The highest BCUT2D eigenvalue weighted by Gasteiger charge is 2.29. The first kappa shape index (κ1) is 11.2. The zero-order valence-corrected chi connectivity index (χ0v) is 9.88. The number of hydrogen-bond donors (Lipinski definition) is 1. The van der Waals surface area contributed by atoms with E-state index in [0.29, 0.717) is 5.92 Å². The van der Waals surface area contributed by atoms with E-state index >= 15 is 0 Å². The number of aliphatic imine (C=N–C) groups is 2. The number of amidine groups is 2. The fourth-order valence-corrected chi connectivity index (χ4v) is 2.52. The van der Waals surface area contributed by atoms with Gasteiger partial charge in [-0.25, -0.2) is 15.8 Å². The topological polar surface area (TPSA) is 54.0 Å². The monoisotopic (exact) mass is 248 g/mol. The third-order valence-electron chi connectivity index (χ3n) is 2.88. The Labute approximate surface area is 99.1 Å². The minimum Gasteiger partial charge on any atom is -0.259 e. The molecule has 6 heteroatoms. The molecule has 1 aliphatic carbocycles. The minimum atomic E-state index is -0.619. The fourth-order valence-electron chi connectivity index (χ4n) is 2.10. The molecule has 0 aromatic rings.